The molecule has 2 aromatic heterocycles. The van der Waals surface area contributed by atoms with Crippen LogP contribution in [0.5, 0.6) is 0 Å². The van der Waals surface area contributed by atoms with Gasteiger partial charge in [-0.05, 0) is 38.2 Å². The number of fused-ring (bicyclic) bond motifs is 1. The average molecular weight is 360 g/mol. The lowest BCUT2D eigenvalue weighted by molar-refractivity contribution is -0.142. The predicted octanol–water partition coefficient (Wildman–Crippen LogP) is 2.92. The molecule has 2 aromatic rings. The third-order valence-electron chi connectivity index (χ3n) is 4.37. The van der Waals surface area contributed by atoms with E-state index in [0.29, 0.717) is 12.8 Å². The van der Waals surface area contributed by atoms with E-state index >= 15 is 0 Å². The number of aromatic nitrogens is 3. The number of carbonyl (C=O) groups is 2. The second-order valence-electron chi connectivity index (χ2n) is 7.07. The first kappa shape index (κ1) is 19.9. The molecule has 0 aromatic carbocycles. The van der Waals surface area contributed by atoms with Gasteiger partial charge in [-0.25, -0.2) is 9.78 Å². The fourth-order valence-electron chi connectivity index (χ4n) is 3.08. The van der Waals surface area contributed by atoms with Crippen LogP contribution in [0.15, 0.2) is 18.5 Å². The Morgan fingerprint density at radius 3 is 2.73 bits per heavy atom. The minimum absolute atomic E-state index is 0.187. The Labute approximate surface area is 153 Å². The first-order valence-electron chi connectivity index (χ1n) is 9.17. The van der Waals surface area contributed by atoms with Crippen molar-refractivity contribution in [1.29, 1.82) is 0 Å². The highest BCUT2D eigenvalue weighted by Gasteiger charge is 2.20. The zero-order valence-electron chi connectivity index (χ0n) is 15.7. The Hall–Kier alpha value is -2.44. The monoisotopic (exact) mass is 360 g/mol. The van der Waals surface area contributed by atoms with Crippen LogP contribution in [0, 0.1) is 12.8 Å². The Kier molecular flexibility index (Phi) is 7.12. The van der Waals surface area contributed by atoms with Gasteiger partial charge in [0.2, 0.25) is 5.91 Å². The molecule has 26 heavy (non-hydrogen) atoms. The molecule has 7 nitrogen and oxygen atoms in total. The molecule has 0 spiro atoms. The van der Waals surface area contributed by atoms with Crippen LogP contribution in [0.3, 0.4) is 0 Å². The normalized spacial score (nSPS) is 12.5. The third-order valence-corrected chi connectivity index (χ3v) is 4.37. The number of aryl methyl sites for hydroxylation is 2. The minimum Gasteiger partial charge on any atom is -0.480 e. The Balaban J connectivity index is 1.73. The molecule has 7 heteroatoms. The summed E-state index contributed by atoms with van der Waals surface area (Å²) < 4.78 is 2.17. The summed E-state index contributed by atoms with van der Waals surface area (Å²) in [5.74, 6) is 0.0287. The number of hydrogen-bond donors (Lipinski definition) is 2. The van der Waals surface area contributed by atoms with E-state index in [2.05, 4.69) is 19.9 Å². The van der Waals surface area contributed by atoms with Gasteiger partial charge in [0, 0.05) is 19.2 Å². The van der Waals surface area contributed by atoms with E-state index in [1.54, 1.807) is 12.4 Å². The van der Waals surface area contributed by atoms with Crippen LogP contribution in [0.1, 0.15) is 51.8 Å². The van der Waals surface area contributed by atoms with E-state index in [0.717, 1.165) is 42.7 Å². The molecule has 0 aliphatic heterocycles. The van der Waals surface area contributed by atoms with Crippen LogP contribution in [0.4, 0.5) is 0 Å². The van der Waals surface area contributed by atoms with Crippen molar-refractivity contribution in [3.8, 4) is 0 Å². The molecule has 0 saturated carbocycles. The van der Waals surface area contributed by atoms with E-state index < -0.39 is 12.0 Å². The number of imidazole rings is 1. The lowest BCUT2D eigenvalue weighted by atomic mass is 10.0. The highest BCUT2D eigenvalue weighted by molar-refractivity contribution is 5.83. The zero-order chi connectivity index (χ0) is 19.1. The summed E-state index contributed by atoms with van der Waals surface area (Å²) >= 11 is 0. The van der Waals surface area contributed by atoms with E-state index in [4.69, 9.17) is 0 Å². The topological polar surface area (TPSA) is 97.1 Å². The van der Waals surface area contributed by atoms with Gasteiger partial charge in [-0.15, -0.1) is 0 Å². The van der Waals surface area contributed by atoms with Crippen molar-refractivity contribution in [3.05, 3.63) is 24.3 Å². The van der Waals surface area contributed by atoms with Gasteiger partial charge in [0.25, 0.3) is 0 Å². The van der Waals surface area contributed by atoms with Crippen molar-refractivity contribution in [2.45, 2.75) is 65.5 Å². The molecule has 0 saturated heterocycles. The van der Waals surface area contributed by atoms with Crippen molar-refractivity contribution in [2.24, 2.45) is 5.92 Å². The lowest BCUT2D eigenvalue weighted by Gasteiger charge is -2.16. The van der Waals surface area contributed by atoms with Crippen LogP contribution < -0.4 is 5.32 Å². The highest BCUT2D eigenvalue weighted by Crippen LogP contribution is 2.15. The highest BCUT2D eigenvalue weighted by atomic mass is 16.4. The van der Waals surface area contributed by atoms with Crippen LogP contribution in [-0.2, 0) is 16.1 Å². The number of rotatable bonds is 10. The maximum absolute atomic E-state index is 12.0. The first-order valence-corrected chi connectivity index (χ1v) is 9.17. The summed E-state index contributed by atoms with van der Waals surface area (Å²) in [7, 11) is 0. The fourth-order valence-corrected chi connectivity index (χ4v) is 3.08. The molecule has 2 N–H and O–H groups in total. The molecule has 0 unspecified atom stereocenters. The molecular formula is C19H28N4O3. The number of carbonyl (C=O) groups excluding carboxylic acids is 1. The molecular weight excluding hydrogens is 332 g/mol. The first-order chi connectivity index (χ1) is 12.4. The Bertz CT molecular complexity index is 754. The molecule has 142 valence electrons. The smallest absolute Gasteiger partial charge is 0.326 e. The van der Waals surface area contributed by atoms with E-state index in [9.17, 15) is 14.7 Å². The van der Waals surface area contributed by atoms with Gasteiger partial charge in [0.05, 0.1) is 11.7 Å². The van der Waals surface area contributed by atoms with Crippen molar-refractivity contribution < 1.29 is 14.7 Å². The number of aliphatic carboxylic acids is 1. The van der Waals surface area contributed by atoms with Crippen LogP contribution in [0.2, 0.25) is 0 Å². The molecule has 0 fully saturated rings. The summed E-state index contributed by atoms with van der Waals surface area (Å²) in [4.78, 5) is 31.7. The number of nitrogens with one attached hydrogen (secondary N) is 1. The SMILES string of the molecule is Cc1nc2cnccc2n1CCCCCC(=O)N[C@@H](CC(C)C)C(=O)O. The van der Waals surface area contributed by atoms with Crippen molar-refractivity contribution in [2.75, 3.05) is 0 Å². The van der Waals surface area contributed by atoms with Gasteiger partial charge in [-0.3, -0.25) is 9.78 Å². The lowest BCUT2D eigenvalue weighted by Crippen LogP contribution is -2.41. The van der Waals surface area contributed by atoms with Gasteiger partial charge in [-0.2, -0.15) is 0 Å². The van der Waals surface area contributed by atoms with Gasteiger partial charge < -0.3 is 15.0 Å². The summed E-state index contributed by atoms with van der Waals surface area (Å²) in [5, 5.41) is 11.8. The Morgan fingerprint density at radius 2 is 2.04 bits per heavy atom. The van der Waals surface area contributed by atoms with E-state index in [1.807, 2.05) is 26.8 Å². The van der Waals surface area contributed by atoms with Crippen molar-refractivity contribution in [3.63, 3.8) is 0 Å². The summed E-state index contributed by atoms with van der Waals surface area (Å²) in [6.07, 6.45) is 6.92. The number of carboxylic acids is 1. The van der Waals surface area contributed by atoms with Gasteiger partial charge in [0.15, 0.2) is 0 Å². The zero-order valence-corrected chi connectivity index (χ0v) is 15.7. The van der Waals surface area contributed by atoms with Crippen LogP contribution in [-0.4, -0.2) is 37.6 Å². The van der Waals surface area contributed by atoms with E-state index in [1.165, 1.54) is 0 Å². The maximum Gasteiger partial charge on any atom is 0.326 e. The summed E-state index contributed by atoms with van der Waals surface area (Å²) in [6.45, 7) is 6.72. The molecule has 2 rings (SSSR count). The number of amides is 1. The molecule has 0 aliphatic carbocycles. The number of unbranched alkanes of at least 4 members (excludes halogenated alkanes) is 2. The quantitative estimate of drug-likeness (QED) is 0.635. The van der Waals surface area contributed by atoms with E-state index in [-0.39, 0.29) is 11.8 Å². The van der Waals surface area contributed by atoms with Crippen LogP contribution >= 0.6 is 0 Å². The molecule has 1 amide bonds. The molecule has 1 atom stereocenters. The van der Waals surface area contributed by atoms with Gasteiger partial charge >= 0.3 is 5.97 Å². The largest absolute Gasteiger partial charge is 0.480 e. The van der Waals surface area contributed by atoms with Crippen molar-refractivity contribution >= 4 is 22.9 Å². The standard InChI is InChI=1S/C19H28N4O3/c1-13(2)11-15(19(25)26)22-18(24)7-5-4-6-10-23-14(3)21-16-12-20-9-8-17(16)23/h8-9,12-13,15H,4-7,10-11H2,1-3H3,(H,22,24)(H,25,26)/t15-/m0/s1. The van der Waals surface area contributed by atoms with Gasteiger partial charge in [0.1, 0.15) is 17.4 Å². The minimum atomic E-state index is -0.969. The summed E-state index contributed by atoms with van der Waals surface area (Å²) in [6, 6.07) is 1.17. The average Bonchev–Trinajstić information content (AvgIpc) is 2.89. The second-order valence-corrected chi connectivity index (χ2v) is 7.07. The van der Waals surface area contributed by atoms with Gasteiger partial charge in [-0.1, -0.05) is 20.3 Å². The third kappa shape index (κ3) is 5.54. The number of pyridine rings is 1. The second kappa shape index (κ2) is 9.31. The number of carboxylic acid groups (broad SMARTS) is 1. The number of nitrogens with zero attached hydrogens (tertiary/aromatic N) is 3. The molecule has 0 aliphatic rings. The van der Waals surface area contributed by atoms with Crippen molar-refractivity contribution in [1.82, 2.24) is 19.9 Å². The maximum atomic E-state index is 12.0. The number of hydrogen-bond acceptors (Lipinski definition) is 4. The Morgan fingerprint density at radius 1 is 1.27 bits per heavy atom. The molecule has 0 bridgehead atoms. The fraction of sp³-hybridized carbons (Fsp3) is 0.579. The molecule has 2 heterocycles. The predicted molar refractivity (Wildman–Crippen MR) is 99.8 cm³/mol. The molecule has 0 radical (unpaired) electrons. The van der Waals surface area contributed by atoms with Crippen LogP contribution in [0.25, 0.3) is 11.0 Å². The summed E-state index contributed by atoms with van der Waals surface area (Å²) in [5.41, 5.74) is 1.97.